The molecule has 0 spiro atoms. The molecule has 1 aliphatic rings. The Kier molecular flexibility index (Phi) is 5.97. The van der Waals surface area contributed by atoms with E-state index in [4.69, 9.17) is 4.42 Å². The second-order valence-corrected chi connectivity index (χ2v) is 7.46. The molecule has 2 aromatic heterocycles. The lowest BCUT2D eigenvalue weighted by Crippen LogP contribution is -2.26. The quantitative estimate of drug-likeness (QED) is 0.661. The highest BCUT2D eigenvalue weighted by molar-refractivity contribution is 5.76. The second-order valence-electron chi connectivity index (χ2n) is 7.46. The number of aromatic nitrogens is 5. The summed E-state index contributed by atoms with van der Waals surface area (Å²) in [6.07, 6.45) is 6.00. The molecule has 1 aliphatic heterocycles. The van der Waals surface area contributed by atoms with Crippen molar-refractivity contribution in [3.63, 3.8) is 0 Å². The molecule has 3 aromatic rings. The Morgan fingerprint density at radius 2 is 1.93 bits per heavy atom. The van der Waals surface area contributed by atoms with Gasteiger partial charge in [-0.1, -0.05) is 24.1 Å². The maximum absolute atomic E-state index is 12.2. The molecule has 8 nitrogen and oxygen atoms in total. The Bertz CT molecular complexity index is 960. The van der Waals surface area contributed by atoms with Gasteiger partial charge in [-0.15, -0.1) is 20.4 Å². The molecule has 1 amide bonds. The van der Waals surface area contributed by atoms with Crippen molar-refractivity contribution in [1.29, 1.82) is 0 Å². The molecule has 0 unspecified atom stereocenters. The van der Waals surface area contributed by atoms with Crippen LogP contribution in [0.4, 0.5) is 0 Å². The van der Waals surface area contributed by atoms with Crippen LogP contribution in [-0.4, -0.2) is 37.4 Å². The zero-order chi connectivity index (χ0) is 20.1. The fourth-order valence-corrected chi connectivity index (χ4v) is 3.52. The Balaban J connectivity index is 1.23. The van der Waals surface area contributed by atoms with Crippen LogP contribution in [0.5, 0.6) is 0 Å². The molecule has 0 aliphatic carbocycles. The van der Waals surface area contributed by atoms with Gasteiger partial charge in [0, 0.05) is 44.3 Å². The first-order valence-electron chi connectivity index (χ1n) is 10.3. The Morgan fingerprint density at radius 1 is 1.07 bits per heavy atom. The van der Waals surface area contributed by atoms with Crippen molar-refractivity contribution in [3.8, 4) is 11.5 Å². The van der Waals surface area contributed by atoms with Crippen LogP contribution in [0.15, 0.2) is 28.7 Å². The SMILES string of the molecule is Cc1ccc(-c2nnc(CCC(=O)NCCc3nnc4n3CCCCC4)o2)cc1. The normalized spacial score (nSPS) is 13.7. The van der Waals surface area contributed by atoms with E-state index in [1.54, 1.807) is 0 Å². The summed E-state index contributed by atoms with van der Waals surface area (Å²) >= 11 is 0. The number of carbonyl (C=O) groups excluding carboxylic acids is 1. The summed E-state index contributed by atoms with van der Waals surface area (Å²) in [5.74, 6) is 2.95. The van der Waals surface area contributed by atoms with Gasteiger partial charge < -0.3 is 14.3 Å². The number of nitrogens with zero attached hydrogens (tertiary/aromatic N) is 5. The van der Waals surface area contributed by atoms with Gasteiger partial charge in [-0.2, -0.15) is 0 Å². The van der Waals surface area contributed by atoms with Crippen LogP contribution in [0.2, 0.25) is 0 Å². The minimum Gasteiger partial charge on any atom is -0.421 e. The highest BCUT2D eigenvalue weighted by atomic mass is 16.4. The monoisotopic (exact) mass is 394 g/mol. The largest absolute Gasteiger partial charge is 0.421 e. The first-order chi connectivity index (χ1) is 14.2. The fourth-order valence-electron chi connectivity index (χ4n) is 3.52. The molecule has 0 saturated carbocycles. The van der Waals surface area contributed by atoms with Crippen molar-refractivity contribution in [2.75, 3.05) is 6.54 Å². The summed E-state index contributed by atoms with van der Waals surface area (Å²) in [4.78, 5) is 12.2. The van der Waals surface area contributed by atoms with Gasteiger partial charge in [0.1, 0.15) is 11.6 Å². The summed E-state index contributed by atoms with van der Waals surface area (Å²) in [6.45, 7) is 3.56. The highest BCUT2D eigenvalue weighted by Crippen LogP contribution is 2.18. The fraction of sp³-hybridized carbons (Fsp3) is 0.476. The van der Waals surface area contributed by atoms with Gasteiger partial charge in [0.05, 0.1) is 0 Å². The van der Waals surface area contributed by atoms with E-state index in [1.165, 1.54) is 24.8 Å². The van der Waals surface area contributed by atoms with E-state index in [1.807, 2.05) is 31.2 Å². The molecule has 4 rings (SSSR count). The number of hydrogen-bond acceptors (Lipinski definition) is 6. The van der Waals surface area contributed by atoms with Gasteiger partial charge in [0.15, 0.2) is 0 Å². The number of carbonyl (C=O) groups is 1. The molecule has 152 valence electrons. The smallest absolute Gasteiger partial charge is 0.247 e. The lowest BCUT2D eigenvalue weighted by Gasteiger charge is -2.07. The average molecular weight is 394 g/mol. The number of benzene rings is 1. The maximum atomic E-state index is 12.2. The molecule has 0 radical (unpaired) electrons. The van der Waals surface area contributed by atoms with Crippen LogP contribution in [0.1, 0.15) is 48.8 Å². The zero-order valence-corrected chi connectivity index (χ0v) is 16.7. The van der Waals surface area contributed by atoms with Gasteiger partial charge in [0.2, 0.25) is 17.7 Å². The van der Waals surface area contributed by atoms with E-state index in [9.17, 15) is 4.79 Å². The van der Waals surface area contributed by atoms with Gasteiger partial charge in [-0.3, -0.25) is 4.79 Å². The molecule has 3 heterocycles. The molecular weight excluding hydrogens is 368 g/mol. The molecule has 0 bridgehead atoms. The van der Waals surface area contributed by atoms with Crippen molar-refractivity contribution in [2.24, 2.45) is 0 Å². The van der Waals surface area contributed by atoms with E-state index in [2.05, 4.69) is 30.3 Å². The zero-order valence-electron chi connectivity index (χ0n) is 16.7. The van der Waals surface area contributed by atoms with Crippen LogP contribution >= 0.6 is 0 Å². The molecule has 8 heteroatoms. The van der Waals surface area contributed by atoms with Crippen LogP contribution in [-0.2, 0) is 30.6 Å². The Labute approximate surface area is 169 Å². The number of amides is 1. The Morgan fingerprint density at radius 3 is 2.79 bits per heavy atom. The predicted octanol–water partition coefficient (Wildman–Crippen LogP) is 2.65. The minimum absolute atomic E-state index is 0.0318. The van der Waals surface area contributed by atoms with Crippen molar-refractivity contribution < 1.29 is 9.21 Å². The van der Waals surface area contributed by atoms with E-state index in [0.29, 0.717) is 37.6 Å². The lowest BCUT2D eigenvalue weighted by atomic mass is 10.1. The van der Waals surface area contributed by atoms with Gasteiger partial charge in [-0.05, 0) is 31.9 Å². The van der Waals surface area contributed by atoms with Gasteiger partial charge in [0.25, 0.3) is 0 Å². The summed E-state index contributed by atoms with van der Waals surface area (Å²) in [7, 11) is 0. The number of nitrogens with one attached hydrogen (secondary N) is 1. The summed E-state index contributed by atoms with van der Waals surface area (Å²) in [6, 6.07) is 7.90. The molecule has 0 atom stereocenters. The van der Waals surface area contributed by atoms with Crippen LogP contribution in [0.3, 0.4) is 0 Å². The van der Waals surface area contributed by atoms with Crippen molar-refractivity contribution in [3.05, 3.63) is 47.4 Å². The summed E-state index contributed by atoms with van der Waals surface area (Å²) in [5.41, 5.74) is 2.05. The average Bonchev–Trinajstić information content (AvgIpc) is 3.28. The van der Waals surface area contributed by atoms with Crippen molar-refractivity contribution in [1.82, 2.24) is 30.3 Å². The first kappa shape index (κ1) is 19.3. The number of hydrogen-bond donors (Lipinski definition) is 1. The lowest BCUT2D eigenvalue weighted by molar-refractivity contribution is -0.121. The molecule has 0 saturated heterocycles. The maximum Gasteiger partial charge on any atom is 0.247 e. The third kappa shape index (κ3) is 4.88. The number of aryl methyl sites for hydroxylation is 3. The van der Waals surface area contributed by atoms with Crippen LogP contribution < -0.4 is 5.32 Å². The third-order valence-corrected chi connectivity index (χ3v) is 5.19. The van der Waals surface area contributed by atoms with Crippen LogP contribution in [0, 0.1) is 6.92 Å². The molecular formula is C21H26N6O2. The van der Waals surface area contributed by atoms with Crippen molar-refractivity contribution >= 4 is 5.91 Å². The highest BCUT2D eigenvalue weighted by Gasteiger charge is 2.15. The standard InChI is InChI=1S/C21H26N6O2/c1-15-6-8-16(9-7-15)21-26-25-20(29-21)11-10-19(28)22-13-12-18-24-23-17-5-3-2-4-14-27(17)18/h6-9H,2-5,10-14H2,1H3,(H,22,28). The number of fused-ring (bicyclic) bond motifs is 1. The third-order valence-electron chi connectivity index (χ3n) is 5.19. The first-order valence-corrected chi connectivity index (χ1v) is 10.3. The van der Waals surface area contributed by atoms with E-state index in [0.717, 1.165) is 30.2 Å². The van der Waals surface area contributed by atoms with Crippen LogP contribution in [0.25, 0.3) is 11.5 Å². The van der Waals surface area contributed by atoms with Gasteiger partial charge >= 0.3 is 0 Å². The molecule has 1 N–H and O–H groups in total. The topological polar surface area (TPSA) is 98.7 Å². The molecule has 1 aromatic carbocycles. The van der Waals surface area contributed by atoms with E-state index >= 15 is 0 Å². The summed E-state index contributed by atoms with van der Waals surface area (Å²) in [5, 5.41) is 19.7. The summed E-state index contributed by atoms with van der Waals surface area (Å²) < 4.78 is 7.89. The molecule has 0 fully saturated rings. The molecule has 29 heavy (non-hydrogen) atoms. The second kappa shape index (κ2) is 8.98. The minimum atomic E-state index is -0.0318. The predicted molar refractivity (Wildman–Crippen MR) is 107 cm³/mol. The van der Waals surface area contributed by atoms with E-state index in [-0.39, 0.29) is 5.91 Å². The number of rotatable bonds is 7. The van der Waals surface area contributed by atoms with Gasteiger partial charge in [-0.25, -0.2) is 0 Å². The Hall–Kier alpha value is -3.03. The van der Waals surface area contributed by atoms with Crippen molar-refractivity contribution in [2.45, 2.75) is 58.4 Å². The van der Waals surface area contributed by atoms with E-state index < -0.39 is 0 Å².